The molecule has 15 heavy (non-hydrogen) atoms. The summed E-state index contributed by atoms with van der Waals surface area (Å²) in [5, 5.41) is 0. The Hall–Kier alpha value is -1.06. The molecule has 0 saturated heterocycles. The third kappa shape index (κ3) is 9.25. The molecule has 0 rings (SSSR count). The predicted octanol–water partition coefficient (Wildman–Crippen LogP) is 2.06. The van der Waals surface area contributed by atoms with Gasteiger partial charge in [-0.3, -0.25) is 9.59 Å². The monoisotopic (exact) mass is 216 g/mol. The van der Waals surface area contributed by atoms with Gasteiger partial charge in [-0.15, -0.1) is 0 Å². The van der Waals surface area contributed by atoms with Gasteiger partial charge in [0.1, 0.15) is 0 Å². The lowest BCUT2D eigenvalue weighted by Crippen LogP contribution is -2.12. The SMILES string of the molecule is CCCC(=O)OCCCC(=O)OC(C)C. The van der Waals surface area contributed by atoms with Crippen LogP contribution >= 0.6 is 0 Å². The predicted molar refractivity (Wildman–Crippen MR) is 56.3 cm³/mol. The van der Waals surface area contributed by atoms with Crippen LogP contribution in [0.2, 0.25) is 0 Å². The molecule has 0 aliphatic carbocycles. The van der Waals surface area contributed by atoms with E-state index in [9.17, 15) is 9.59 Å². The lowest BCUT2D eigenvalue weighted by molar-refractivity contribution is -0.150. The average molecular weight is 216 g/mol. The Morgan fingerprint density at radius 3 is 2.33 bits per heavy atom. The van der Waals surface area contributed by atoms with Crippen LogP contribution in [0.15, 0.2) is 0 Å². The first-order valence-electron chi connectivity index (χ1n) is 5.41. The lowest BCUT2D eigenvalue weighted by atomic mass is 10.3. The van der Waals surface area contributed by atoms with Crippen LogP contribution in [0.5, 0.6) is 0 Å². The molecule has 0 bridgehead atoms. The van der Waals surface area contributed by atoms with E-state index in [4.69, 9.17) is 9.47 Å². The van der Waals surface area contributed by atoms with Crippen LogP contribution in [0.3, 0.4) is 0 Å². The molecular formula is C11H20O4. The zero-order valence-corrected chi connectivity index (χ0v) is 9.75. The molecule has 0 spiro atoms. The van der Waals surface area contributed by atoms with E-state index < -0.39 is 0 Å². The Labute approximate surface area is 90.9 Å². The highest BCUT2D eigenvalue weighted by atomic mass is 16.5. The number of esters is 2. The topological polar surface area (TPSA) is 52.6 Å². The van der Waals surface area contributed by atoms with Crippen LogP contribution in [-0.4, -0.2) is 24.6 Å². The van der Waals surface area contributed by atoms with Gasteiger partial charge in [0.25, 0.3) is 0 Å². The second-order valence-electron chi connectivity index (χ2n) is 3.61. The van der Waals surface area contributed by atoms with Crippen molar-refractivity contribution >= 4 is 11.9 Å². The highest BCUT2D eigenvalue weighted by Crippen LogP contribution is 1.99. The summed E-state index contributed by atoms with van der Waals surface area (Å²) < 4.78 is 9.82. The Morgan fingerprint density at radius 1 is 1.13 bits per heavy atom. The van der Waals surface area contributed by atoms with E-state index in [1.807, 2.05) is 6.92 Å². The molecule has 0 fully saturated rings. The molecule has 0 saturated carbocycles. The Bertz CT molecular complexity index is 199. The van der Waals surface area contributed by atoms with E-state index in [0.29, 0.717) is 25.9 Å². The van der Waals surface area contributed by atoms with E-state index in [0.717, 1.165) is 6.42 Å². The van der Waals surface area contributed by atoms with Crippen molar-refractivity contribution in [3.63, 3.8) is 0 Å². The van der Waals surface area contributed by atoms with E-state index >= 15 is 0 Å². The molecule has 0 aromatic carbocycles. The number of ether oxygens (including phenoxy) is 2. The summed E-state index contributed by atoms with van der Waals surface area (Å²) in [6, 6.07) is 0. The van der Waals surface area contributed by atoms with E-state index in [2.05, 4.69) is 0 Å². The molecule has 0 heterocycles. The van der Waals surface area contributed by atoms with Crippen molar-refractivity contribution in [2.75, 3.05) is 6.61 Å². The Morgan fingerprint density at radius 2 is 1.80 bits per heavy atom. The van der Waals surface area contributed by atoms with Crippen molar-refractivity contribution in [3.8, 4) is 0 Å². The maximum absolute atomic E-state index is 11.1. The summed E-state index contributed by atoms with van der Waals surface area (Å²) in [5.41, 5.74) is 0. The molecule has 4 heteroatoms. The smallest absolute Gasteiger partial charge is 0.306 e. The molecule has 4 nitrogen and oxygen atoms in total. The third-order valence-corrected chi connectivity index (χ3v) is 1.61. The average Bonchev–Trinajstić information content (AvgIpc) is 2.12. The van der Waals surface area contributed by atoms with E-state index in [1.54, 1.807) is 13.8 Å². The summed E-state index contributed by atoms with van der Waals surface area (Å²) in [6.45, 7) is 5.83. The van der Waals surface area contributed by atoms with Crippen LogP contribution in [0.1, 0.15) is 46.5 Å². The molecule has 0 radical (unpaired) electrons. The quantitative estimate of drug-likeness (QED) is 0.483. The van der Waals surface area contributed by atoms with Gasteiger partial charge >= 0.3 is 11.9 Å². The van der Waals surface area contributed by atoms with Crippen molar-refractivity contribution in [2.45, 2.75) is 52.6 Å². The lowest BCUT2D eigenvalue weighted by Gasteiger charge is -2.07. The second kappa shape index (κ2) is 8.26. The van der Waals surface area contributed by atoms with E-state index in [1.165, 1.54) is 0 Å². The Kier molecular flexibility index (Phi) is 7.68. The molecular weight excluding hydrogens is 196 g/mol. The first kappa shape index (κ1) is 13.9. The largest absolute Gasteiger partial charge is 0.466 e. The van der Waals surface area contributed by atoms with Crippen molar-refractivity contribution in [1.29, 1.82) is 0 Å². The summed E-state index contributed by atoms with van der Waals surface area (Å²) in [5.74, 6) is -0.439. The first-order chi connectivity index (χ1) is 7.06. The third-order valence-electron chi connectivity index (χ3n) is 1.61. The van der Waals surface area contributed by atoms with Gasteiger partial charge in [0, 0.05) is 12.8 Å². The molecule has 0 aromatic heterocycles. The number of carbonyl (C=O) groups is 2. The standard InChI is InChI=1S/C11H20O4/c1-4-6-10(12)14-8-5-7-11(13)15-9(2)3/h9H,4-8H2,1-3H3. The number of carbonyl (C=O) groups excluding carboxylic acids is 2. The first-order valence-corrected chi connectivity index (χ1v) is 5.41. The van der Waals surface area contributed by atoms with Gasteiger partial charge in [-0.2, -0.15) is 0 Å². The molecule has 0 aliphatic heterocycles. The minimum atomic E-state index is -0.239. The molecule has 0 amide bonds. The van der Waals surface area contributed by atoms with E-state index in [-0.39, 0.29) is 18.0 Å². The Balaban J connectivity index is 3.38. The molecule has 0 atom stereocenters. The highest BCUT2D eigenvalue weighted by Gasteiger charge is 2.06. The minimum Gasteiger partial charge on any atom is -0.466 e. The second-order valence-corrected chi connectivity index (χ2v) is 3.61. The van der Waals surface area contributed by atoms with Crippen molar-refractivity contribution < 1.29 is 19.1 Å². The van der Waals surface area contributed by atoms with Crippen LogP contribution in [0.4, 0.5) is 0 Å². The van der Waals surface area contributed by atoms with Gasteiger partial charge in [-0.1, -0.05) is 6.92 Å². The minimum absolute atomic E-state index is 0.0832. The maximum Gasteiger partial charge on any atom is 0.306 e. The van der Waals surface area contributed by atoms with Crippen LogP contribution in [0.25, 0.3) is 0 Å². The van der Waals surface area contributed by atoms with Gasteiger partial charge in [-0.05, 0) is 26.7 Å². The summed E-state index contributed by atoms with van der Waals surface area (Å²) in [7, 11) is 0. The van der Waals surface area contributed by atoms with Crippen LogP contribution in [-0.2, 0) is 19.1 Å². The zero-order chi connectivity index (χ0) is 11.7. The van der Waals surface area contributed by atoms with Gasteiger partial charge in [-0.25, -0.2) is 0 Å². The van der Waals surface area contributed by atoms with Gasteiger partial charge in [0.05, 0.1) is 12.7 Å². The fraction of sp³-hybridized carbons (Fsp3) is 0.818. The van der Waals surface area contributed by atoms with Crippen molar-refractivity contribution in [1.82, 2.24) is 0 Å². The highest BCUT2D eigenvalue weighted by molar-refractivity contribution is 5.70. The van der Waals surface area contributed by atoms with Gasteiger partial charge in [0.2, 0.25) is 0 Å². The molecule has 0 aromatic rings. The zero-order valence-electron chi connectivity index (χ0n) is 9.75. The summed E-state index contributed by atoms with van der Waals surface area (Å²) in [6.07, 6.45) is 1.98. The molecule has 0 N–H and O–H groups in total. The van der Waals surface area contributed by atoms with Gasteiger partial charge < -0.3 is 9.47 Å². The molecule has 88 valence electrons. The van der Waals surface area contributed by atoms with Gasteiger partial charge in [0.15, 0.2) is 0 Å². The van der Waals surface area contributed by atoms with Crippen molar-refractivity contribution in [2.24, 2.45) is 0 Å². The van der Waals surface area contributed by atoms with Crippen molar-refractivity contribution in [3.05, 3.63) is 0 Å². The maximum atomic E-state index is 11.1. The number of rotatable bonds is 7. The van der Waals surface area contributed by atoms with Crippen LogP contribution in [0, 0.1) is 0 Å². The normalized spacial score (nSPS) is 10.1. The van der Waals surface area contributed by atoms with Crippen LogP contribution < -0.4 is 0 Å². The fourth-order valence-corrected chi connectivity index (χ4v) is 1.00. The molecule has 0 unspecified atom stereocenters. The fourth-order valence-electron chi connectivity index (χ4n) is 1.00. The molecule has 0 aliphatic rings. The number of hydrogen-bond acceptors (Lipinski definition) is 4. The number of hydrogen-bond donors (Lipinski definition) is 0. The summed E-state index contributed by atoms with van der Waals surface area (Å²) in [4.78, 5) is 22.0. The summed E-state index contributed by atoms with van der Waals surface area (Å²) >= 11 is 0.